The van der Waals surface area contributed by atoms with E-state index >= 15 is 0 Å². The molecule has 0 radical (unpaired) electrons. The molecular formula is C9H7BrN2O2. The van der Waals surface area contributed by atoms with Gasteiger partial charge >= 0.3 is 0 Å². The van der Waals surface area contributed by atoms with E-state index in [1.54, 1.807) is 24.3 Å². The summed E-state index contributed by atoms with van der Waals surface area (Å²) in [5.41, 5.74) is 0.607. The third-order valence-electron chi connectivity index (χ3n) is 1.89. The maximum absolute atomic E-state index is 11.3. The number of hydrogen-bond acceptors (Lipinski definition) is 2. The monoisotopic (exact) mass is 254 g/mol. The predicted octanol–water partition coefficient (Wildman–Crippen LogP) is 1.84. The minimum absolute atomic E-state index is 0.141. The molecule has 1 heterocycles. The molecule has 0 bridgehead atoms. The van der Waals surface area contributed by atoms with Gasteiger partial charge in [0.15, 0.2) is 0 Å². The second-order valence-electron chi connectivity index (χ2n) is 2.81. The average molecular weight is 255 g/mol. The minimum atomic E-state index is -0.329. The van der Waals surface area contributed by atoms with Crippen molar-refractivity contribution in [3.05, 3.63) is 39.1 Å². The maximum atomic E-state index is 11.3. The van der Waals surface area contributed by atoms with Crippen LogP contribution in [-0.2, 0) is 0 Å². The average Bonchev–Trinajstić information content (AvgIpc) is 2.49. The molecule has 0 saturated carbocycles. The Hall–Kier alpha value is -1.49. The van der Waals surface area contributed by atoms with Crippen LogP contribution in [0, 0.1) is 0 Å². The van der Waals surface area contributed by atoms with Crippen LogP contribution in [0.2, 0.25) is 0 Å². The van der Waals surface area contributed by atoms with Crippen molar-refractivity contribution in [3.63, 3.8) is 0 Å². The van der Waals surface area contributed by atoms with Crippen molar-refractivity contribution < 1.29 is 5.11 Å². The number of hydrogen-bond donors (Lipinski definition) is 3. The number of aromatic amines is 2. The van der Waals surface area contributed by atoms with E-state index in [-0.39, 0.29) is 17.0 Å². The fourth-order valence-corrected chi connectivity index (χ4v) is 1.50. The summed E-state index contributed by atoms with van der Waals surface area (Å²) < 4.78 is 0.924. The summed E-state index contributed by atoms with van der Waals surface area (Å²) in [6.45, 7) is 0. The van der Waals surface area contributed by atoms with Crippen molar-refractivity contribution in [1.82, 2.24) is 10.2 Å². The van der Waals surface area contributed by atoms with Crippen LogP contribution in [0.15, 0.2) is 33.5 Å². The van der Waals surface area contributed by atoms with E-state index in [4.69, 9.17) is 0 Å². The molecule has 0 aliphatic heterocycles. The van der Waals surface area contributed by atoms with Crippen molar-refractivity contribution in [2.45, 2.75) is 0 Å². The quantitative estimate of drug-likeness (QED) is 0.727. The van der Waals surface area contributed by atoms with Gasteiger partial charge in [-0.05, 0) is 17.7 Å². The Morgan fingerprint density at radius 1 is 1.14 bits per heavy atom. The van der Waals surface area contributed by atoms with Gasteiger partial charge in [-0.1, -0.05) is 28.1 Å². The predicted molar refractivity (Wildman–Crippen MR) is 56.2 cm³/mol. The van der Waals surface area contributed by atoms with Gasteiger partial charge in [-0.2, -0.15) is 0 Å². The fourth-order valence-electron chi connectivity index (χ4n) is 1.23. The van der Waals surface area contributed by atoms with Gasteiger partial charge in [-0.3, -0.25) is 15.0 Å². The van der Waals surface area contributed by atoms with Gasteiger partial charge in [-0.25, -0.2) is 0 Å². The summed E-state index contributed by atoms with van der Waals surface area (Å²) in [6.07, 6.45) is 0. The van der Waals surface area contributed by atoms with Crippen molar-refractivity contribution >= 4 is 15.9 Å². The summed E-state index contributed by atoms with van der Waals surface area (Å²) in [5, 5.41) is 14.0. The first-order valence-electron chi connectivity index (χ1n) is 3.94. The van der Waals surface area contributed by atoms with Crippen LogP contribution in [0.3, 0.4) is 0 Å². The first-order chi connectivity index (χ1) is 6.68. The second-order valence-corrected chi connectivity index (χ2v) is 3.73. The Labute approximate surface area is 87.7 Å². The topological polar surface area (TPSA) is 68.9 Å². The molecule has 0 amide bonds. The number of H-pyrrole nitrogens is 2. The Balaban J connectivity index is 2.60. The summed E-state index contributed by atoms with van der Waals surface area (Å²) in [7, 11) is 0. The molecule has 1 aromatic heterocycles. The largest absolute Gasteiger partial charge is 0.493 e. The minimum Gasteiger partial charge on any atom is -0.493 e. The number of aromatic hydroxyl groups is 1. The third kappa shape index (κ3) is 1.46. The lowest BCUT2D eigenvalue weighted by Crippen LogP contribution is -2.01. The molecule has 1 aromatic carbocycles. The van der Waals surface area contributed by atoms with Gasteiger partial charge in [0, 0.05) is 4.47 Å². The van der Waals surface area contributed by atoms with Gasteiger partial charge in [0.25, 0.3) is 5.56 Å². The number of aromatic nitrogens is 2. The first kappa shape index (κ1) is 9.08. The molecule has 72 valence electrons. The molecule has 0 aliphatic carbocycles. The molecule has 0 unspecified atom stereocenters. The van der Waals surface area contributed by atoms with Crippen molar-refractivity contribution in [2.75, 3.05) is 0 Å². The van der Waals surface area contributed by atoms with E-state index in [0.717, 1.165) is 4.47 Å². The maximum Gasteiger partial charge on any atom is 0.275 e. The molecule has 2 aromatic rings. The van der Waals surface area contributed by atoms with E-state index in [9.17, 15) is 9.90 Å². The van der Waals surface area contributed by atoms with Crippen molar-refractivity contribution in [3.8, 4) is 17.0 Å². The summed E-state index contributed by atoms with van der Waals surface area (Å²) >= 11 is 3.29. The normalized spacial score (nSPS) is 10.4. The Morgan fingerprint density at radius 2 is 1.79 bits per heavy atom. The fraction of sp³-hybridized carbons (Fsp3) is 0. The lowest BCUT2D eigenvalue weighted by Gasteiger charge is -1.96. The molecule has 5 heteroatoms. The number of benzene rings is 1. The van der Waals surface area contributed by atoms with Gasteiger partial charge < -0.3 is 5.11 Å². The molecule has 0 atom stereocenters. The van der Waals surface area contributed by atoms with E-state index in [1.165, 1.54) is 0 Å². The highest BCUT2D eigenvalue weighted by atomic mass is 79.9. The second kappa shape index (κ2) is 3.34. The molecule has 14 heavy (non-hydrogen) atoms. The number of rotatable bonds is 1. The van der Waals surface area contributed by atoms with Crippen LogP contribution >= 0.6 is 15.9 Å². The molecule has 2 rings (SSSR count). The number of halogens is 1. The lowest BCUT2D eigenvalue weighted by atomic mass is 10.1. The summed E-state index contributed by atoms with van der Waals surface area (Å²) in [5.74, 6) is -0.141. The van der Waals surface area contributed by atoms with Crippen LogP contribution in [0.4, 0.5) is 0 Å². The summed E-state index contributed by atoms with van der Waals surface area (Å²) in [4.78, 5) is 11.3. The third-order valence-corrected chi connectivity index (χ3v) is 2.42. The van der Waals surface area contributed by atoms with Gasteiger partial charge in [0.1, 0.15) is 5.56 Å². The van der Waals surface area contributed by atoms with Crippen LogP contribution in [0.5, 0.6) is 5.88 Å². The molecule has 0 spiro atoms. The number of nitrogens with one attached hydrogen (secondary N) is 2. The molecular weight excluding hydrogens is 248 g/mol. The van der Waals surface area contributed by atoms with Gasteiger partial charge in [-0.15, -0.1) is 0 Å². The van der Waals surface area contributed by atoms with Crippen LogP contribution in [0.1, 0.15) is 0 Å². The van der Waals surface area contributed by atoms with E-state index in [0.29, 0.717) is 5.56 Å². The van der Waals surface area contributed by atoms with Crippen molar-refractivity contribution in [2.24, 2.45) is 0 Å². The van der Waals surface area contributed by atoms with Crippen LogP contribution < -0.4 is 5.56 Å². The Bertz CT molecular complexity index is 498. The summed E-state index contributed by atoms with van der Waals surface area (Å²) in [6, 6.07) is 7.12. The van der Waals surface area contributed by atoms with E-state index < -0.39 is 0 Å². The highest BCUT2D eigenvalue weighted by Crippen LogP contribution is 2.24. The zero-order valence-electron chi connectivity index (χ0n) is 7.04. The van der Waals surface area contributed by atoms with Gasteiger partial charge in [0.2, 0.25) is 5.88 Å². The van der Waals surface area contributed by atoms with E-state index in [2.05, 4.69) is 26.1 Å². The molecule has 4 nitrogen and oxygen atoms in total. The molecule has 0 aliphatic rings. The lowest BCUT2D eigenvalue weighted by molar-refractivity contribution is 0.454. The van der Waals surface area contributed by atoms with Gasteiger partial charge in [0.05, 0.1) is 0 Å². The molecule has 0 saturated heterocycles. The Morgan fingerprint density at radius 3 is 2.29 bits per heavy atom. The van der Waals surface area contributed by atoms with E-state index in [1.807, 2.05) is 0 Å². The first-order valence-corrected chi connectivity index (χ1v) is 4.73. The SMILES string of the molecule is O=c1[nH][nH]c(O)c1-c1ccc(Br)cc1. The zero-order chi connectivity index (χ0) is 10.1. The Kier molecular flexibility index (Phi) is 2.17. The standard InChI is InChI=1S/C9H7BrN2O2/c10-6-3-1-5(2-4-6)7-8(13)11-12-9(7)14/h1-4H,(H3,11,12,13,14). The smallest absolute Gasteiger partial charge is 0.275 e. The van der Waals surface area contributed by atoms with Crippen LogP contribution in [0.25, 0.3) is 11.1 Å². The highest BCUT2D eigenvalue weighted by Gasteiger charge is 2.10. The van der Waals surface area contributed by atoms with Crippen LogP contribution in [-0.4, -0.2) is 15.3 Å². The highest BCUT2D eigenvalue weighted by molar-refractivity contribution is 9.10. The van der Waals surface area contributed by atoms with Crippen molar-refractivity contribution in [1.29, 1.82) is 0 Å². The molecule has 0 fully saturated rings. The zero-order valence-corrected chi connectivity index (χ0v) is 8.63. The molecule has 3 N–H and O–H groups in total.